The highest BCUT2D eigenvalue weighted by Gasteiger charge is 2.28. The first-order valence-corrected chi connectivity index (χ1v) is 9.11. The SMILES string of the molecule is CC(Sc1ncccc1C(=O)N(C)C(C)C(=O)O)C(=O)N1CCCC1. The summed E-state index contributed by atoms with van der Waals surface area (Å²) in [6.45, 7) is 4.80. The van der Waals surface area contributed by atoms with Crippen molar-refractivity contribution in [1.82, 2.24) is 14.8 Å². The Morgan fingerprint density at radius 2 is 1.92 bits per heavy atom. The molecule has 7 nitrogen and oxygen atoms in total. The first-order chi connectivity index (χ1) is 11.8. The van der Waals surface area contributed by atoms with Crippen LogP contribution >= 0.6 is 11.8 Å². The van der Waals surface area contributed by atoms with Crippen molar-refractivity contribution in [2.75, 3.05) is 20.1 Å². The van der Waals surface area contributed by atoms with Gasteiger partial charge < -0.3 is 14.9 Å². The Kier molecular flexibility index (Phi) is 6.41. The number of aliphatic carboxylic acids is 1. The van der Waals surface area contributed by atoms with E-state index < -0.39 is 17.9 Å². The standard InChI is InChI=1S/C17H23N3O4S/c1-11(17(23)24)19(3)16(22)13-7-6-8-18-14(13)25-12(2)15(21)20-9-4-5-10-20/h6-8,11-12H,4-5,9-10H2,1-3H3,(H,23,24). The lowest BCUT2D eigenvalue weighted by Gasteiger charge is -2.23. The molecule has 2 rings (SSSR count). The molecule has 1 aromatic heterocycles. The van der Waals surface area contributed by atoms with E-state index in [1.165, 1.54) is 25.7 Å². The number of nitrogens with zero attached hydrogens (tertiary/aromatic N) is 3. The minimum atomic E-state index is -1.08. The topological polar surface area (TPSA) is 90.8 Å². The molecule has 2 amide bonds. The average molecular weight is 365 g/mol. The minimum absolute atomic E-state index is 0.0406. The number of thioether (sulfide) groups is 1. The summed E-state index contributed by atoms with van der Waals surface area (Å²) >= 11 is 1.23. The molecule has 2 heterocycles. The number of rotatable bonds is 6. The highest BCUT2D eigenvalue weighted by molar-refractivity contribution is 8.00. The molecule has 1 fully saturated rings. The first-order valence-electron chi connectivity index (χ1n) is 8.23. The van der Waals surface area contributed by atoms with Crippen LogP contribution in [0.2, 0.25) is 0 Å². The van der Waals surface area contributed by atoms with Gasteiger partial charge in [-0.3, -0.25) is 9.59 Å². The van der Waals surface area contributed by atoms with E-state index in [-0.39, 0.29) is 11.2 Å². The lowest BCUT2D eigenvalue weighted by Crippen LogP contribution is -2.40. The zero-order chi connectivity index (χ0) is 18.6. The van der Waals surface area contributed by atoms with Gasteiger partial charge in [-0.25, -0.2) is 9.78 Å². The summed E-state index contributed by atoms with van der Waals surface area (Å²) in [6, 6.07) is 2.29. The summed E-state index contributed by atoms with van der Waals surface area (Å²) in [5.41, 5.74) is 0.309. The number of carbonyl (C=O) groups is 3. The number of pyridine rings is 1. The van der Waals surface area contributed by atoms with Crippen LogP contribution in [-0.4, -0.2) is 69.1 Å². The molecule has 0 saturated carbocycles. The molecular weight excluding hydrogens is 342 g/mol. The number of likely N-dealkylation sites (N-methyl/N-ethyl adjacent to an activating group) is 1. The smallest absolute Gasteiger partial charge is 0.326 e. The summed E-state index contributed by atoms with van der Waals surface area (Å²) in [4.78, 5) is 43.4. The molecule has 2 unspecified atom stereocenters. The van der Waals surface area contributed by atoms with Gasteiger partial charge in [-0.1, -0.05) is 11.8 Å². The van der Waals surface area contributed by atoms with E-state index in [4.69, 9.17) is 5.11 Å². The number of amides is 2. The van der Waals surface area contributed by atoms with Gasteiger partial charge in [0.05, 0.1) is 10.8 Å². The van der Waals surface area contributed by atoms with Crippen LogP contribution < -0.4 is 0 Å². The van der Waals surface area contributed by atoms with Gasteiger partial charge in [-0.15, -0.1) is 0 Å². The first kappa shape index (κ1) is 19.2. The van der Waals surface area contributed by atoms with Crippen molar-refractivity contribution in [3.05, 3.63) is 23.9 Å². The quantitative estimate of drug-likeness (QED) is 0.772. The van der Waals surface area contributed by atoms with Crippen LogP contribution in [0.15, 0.2) is 23.4 Å². The van der Waals surface area contributed by atoms with E-state index in [9.17, 15) is 14.4 Å². The molecule has 0 bridgehead atoms. The molecule has 0 spiro atoms. The Morgan fingerprint density at radius 3 is 2.52 bits per heavy atom. The number of aromatic nitrogens is 1. The Hall–Kier alpha value is -2.09. The molecule has 1 N–H and O–H groups in total. The maximum atomic E-state index is 12.6. The van der Waals surface area contributed by atoms with Crippen molar-refractivity contribution in [3.8, 4) is 0 Å². The van der Waals surface area contributed by atoms with Crippen LogP contribution in [0.5, 0.6) is 0 Å². The molecule has 0 aromatic carbocycles. The minimum Gasteiger partial charge on any atom is -0.480 e. The van der Waals surface area contributed by atoms with Gasteiger partial charge in [0.25, 0.3) is 5.91 Å². The summed E-state index contributed by atoms with van der Waals surface area (Å²) < 4.78 is 0. The van der Waals surface area contributed by atoms with E-state index in [2.05, 4.69) is 4.98 Å². The van der Waals surface area contributed by atoms with Crippen molar-refractivity contribution in [3.63, 3.8) is 0 Å². The number of hydrogen-bond acceptors (Lipinski definition) is 5. The largest absolute Gasteiger partial charge is 0.480 e. The monoisotopic (exact) mass is 365 g/mol. The lowest BCUT2D eigenvalue weighted by atomic mass is 10.2. The van der Waals surface area contributed by atoms with Gasteiger partial charge in [-0.2, -0.15) is 0 Å². The van der Waals surface area contributed by atoms with Crippen LogP contribution in [-0.2, 0) is 9.59 Å². The third kappa shape index (κ3) is 4.50. The number of carboxylic acid groups (broad SMARTS) is 1. The molecule has 2 atom stereocenters. The fourth-order valence-corrected chi connectivity index (χ4v) is 3.58. The second kappa shape index (κ2) is 8.33. The average Bonchev–Trinajstić information content (AvgIpc) is 3.14. The van der Waals surface area contributed by atoms with Crippen molar-refractivity contribution < 1.29 is 19.5 Å². The Balaban J connectivity index is 2.15. The summed E-state index contributed by atoms with van der Waals surface area (Å²) in [5.74, 6) is -1.46. The third-order valence-corrected chi connectivity index (χ3v) is 5.42. The number of likely N-dealkylation sites (tertiary alicyclic amines) is 1. The molecule has 1 aliphatic heterocycles. The van der Waals surface area contributed by atoms with Gasteiger partial charge in [0.15, 0.2) is 0 Å². The molecule has 0 aliphatic carbocycles. The normalized spacial score (nSPS) is 16.4. The van der Waals surface area contributed by atoms with Crippen LogP contribution in [0.25, 0.3) is 0 Å². The number of carboxylic acids is 1. The number of hydrogen-bond donors (Lipinski definition) is 1. The van der Waals surface area contributed by atoms with Gasteiger partial charge >= 0.3 is 5.97 Å². The van der Waals surface area contributed by atoms with Crippen molar-refractivity contribution in [2.45, 2.75) is 43.0 Å². The van der Waals surface area contributed by atoms with Crippen LogP contribution in [0.4, 0.5) is 0 Å². The van der Waals surface area contributed by atoms with E-state index in [0.29, 0.717) is 10.6 Å². The van der Waals surface area contributed by atoms with Crippen LogP contribution in [0.1, 0.15) is 37.0 Å². The number of carbonyl (C=O) groups excluding carboxylic acids is 2. The molecule has 8 heteroatoms. The predicted octanol–water partition coefficient (Wildman–Crippen LogP) is 1.73. The molecule has 1 saturated heterocycles. The summed E-state index contributed by atoms with van der Waals surface area (Å²) in [6.07, 6.45) is 3.61. The molecule has 0 radical (unpaired) electrons. The molecule has 1 aromatic rings. The maximum absolute atomic E-state index is 12.6. The van der Waals surface area contributed by atoms with Gasteiger partial charge in [-0.05, 0) is 38.8 Å². The second-order valence-corrected chi connectivity index (χ2v) is 7.41. The van der Waals surface area contributed by atoms with Gasteiger partial charge in [0, 0.05) is 26.3 Å². The molecule has 25 heavy (non-hydrogen) atoms. The Labute approximate surface area is 151 Å². The van der Waals surface area contributed by atoms with E-state index in [1.54, 1.807) is 25.3 Å². The van der Waals surface area contributed by atoms with Gasteiger partial charge in [0.1, 0.15) is 11.1 Å². The Bertz CT molecular complexity index is 661. The zero-order valence-electron chi connectivity index (χ0n) is 14.6. The molecular formula is C17H23N3O4S. The second-order valence-electron chi connectivity index (χ2n) is 6.08. The van der Waals surface area contributed by atoms with E-state index >= 15 is 0 Å². The maximum Gasteiger partial charge on any atom is 0.326 e. The third-order valence-electron chi connectivity index (χ3n) is 4.31. The fourth-order valence-electron chi connectivity index (χ4n) is 2.59. The Morgan fingerprint density at radius 1 is 1.28 bits per heavy atom. The fraction of sp³-hybridized carbons (Fsp3) is 0.529. The van der Waals surface area contributed by atoms with Crippen LogP contribution in [0.3, 0.4) is 0 Å². The molecule has 136 valence electrons. The van der Waals surface area contributed by atoms with Gasteiger partial charge in [0.2, 0.25) is 5.91 Å². The highest BCUT2D eigenvalue weighted by atomic mass is 32.2. The van der Waals surface area contributed by atoms with Crippen LogP contribution in [0, 0.1) is 0 Å². The van der Waals surface area contributed by atoms with Crippen molar-refractivity contribution in [2.24, 2.45) is 0 Å². The van der Waals surface area contributed by atoms with E-state index in [1.807, 2.05) is 4.90 Å². The summed E-state index contributed by atoms with van der Waals surface area (Å²) in [5, 5.41) is 9.17. The zero-order valence-corrected chi connectivity index (χ0v) is 15.5. The highest BCUT2D eigenvalue weighted by Crippen LogP contribution is 2.27. The molecule has 1 aliphatic rings. The van der Waals surface area contributed by atoms with Crippen molar-refractivity contribution in [1.29, 1.82) is 0 Å². The summed E-state index contributed by atoms with van der Waals surface area (Å²) in [7, 11) is 1.45. The van der Waals surface area contributed by atoms with E-state index in [0.717, 1.165) is 30.8 Å². The lowest BCUT2D eigenvalue weighted by molar-refractivity contribution is -0.141. The van der Waals surface area contributed by atoms with Crippen molar-refractivity contribution >= 4 is 29.5 Å². The predicted molar refractivity (Wildman–Crippen MR) is 94.6 cm³/mol.